The SMILES string of the molecule is O=C(O)CCC1CN(C2CC2)CCN1. The molecule has 1 atom stereocenters. The zero-order valence-corrected chi connectivity index (χ0v) is 8.41. The Bertz CT molecular complexity index is 216. The highest BCUT2D eigenvalue weighted by Crippen LogP contribution is 2.27. The van der Waals surface area contributed by atoms with E-state index in [4.69, 9.17) is 5.11 Å². The van der Waals surface area contributed by atoms with Gasteiger partial charge in [-0.1, -0.05) is 0 Å². The van der Waals surface area contributed by atoms with Gasteiger partial charge in [0, 0.05) is 38.1 Å². The Morgan fingerprint density at radius 2 is 2.29 bits per heavy atom. The average molecular weight is 198 g/mol. The Morgan fingerprint density at radius 3 is 2.93 bits per heavy atom. The third-order valence-electron chi connectivity index (χ3n) is 3.06. The fourth-order valence-electron chi connectivity index (χ4n) is 2.11. The molecular weight excluding hydrogens is 180 g/mol. The third-order valence-corrected chi connectivity index (χ3v) is 3.06. The van der Waals surface area contributed by atoms with Gasteiger partial charge in [0.1, 0.15) is 0 Å². The van der Waals surface area contributed by atoms with Crippen molar-refractivity contribution in [3.8, 4) is 0 Å². The van der Waals surface area contributed by atoms with E-state index in [1.165, 1.54) is 12.8 Å². The number of carboxylic acids is 1. The summed E-state index contributed by atoms with van der Waals surface area (Å²) in [6, 6.07) is 1.20. The zero-order chi connectivity index (χ0) is 9.97. The lowest BCUT2D eigenvalue weighted by molar-refractivity contribution is -0.137. The maximum Gasteiger partial charge on any atom is 0.303 e. The second-order valence-corrected chi connectivity index (χ2v) is 4.31. The van der Waals surface area contributed by atoms with Crippen molar-refractivity contribution in [2.75, 3.05) is 19.6 Å². The first-order valence-corrected chi connectivity index (χ1v) is 5.45. The Balaban J connectivity index is 1.72. The quantitative estimate of drug-likeness (QED) is 0.681. The van der Waals surface area contributed by atoms with E-state index >= 15 is 0 Å². The summed E-state index contributed by atoms with van der Waals surface area (Å²) in [5, 5.41) is 12.0. The van der Waals surface area contributed by atoms with Crippen LogP contribution in [0.3, 0.4) is 0 Å². The number of nitrogens with one attached hydrogen (secondary N) is 1. The minimum absolute atomic E-state index is 0.288. The maximum absolute atomic E-state index is 10.4. The van der Waals surface area contributed by atoms with Crippen LogP contribution in [0.25, 0.3) is 0 Å². The van der Waals surface area contributed by atoms with Crippen molar-refractivity contribution in [3.05, 3.63) is 0 Å². The van der Waals surface area contributed by atoms with Crippen molar-refractivity contribution in [3.63, 3.8) is 0 Å². The van der Waals surface area contributed by atoms with Crippen LogP contribution in [-0.4, -0.2) is 47.7 Å². The van der Waals surface area contributed by atoms with Crippen molar-refractivity contribution in [2.45, 2.75) is 37.8 Å². The van der Waals surface area contributed by atoms with Gasteiger partial charge in [-0.15, -0.1) is 0 Å². The summed E-state index contributed by atoms with van der Waals surface area (Å²) in [5.74, 6) is -0.685. The van der Waals surface area contributed by atoms with E-state index in [-0.39, 0.29) is 6.42 Å². The number of piperazine rings is 1. The Morgan fingerprint density at radius 1 is 1.50 bits per heavy atom. The molecule has 2 fully saturated rings. The lowest BCUT2D eigenvalue weighted by Crippen LogP contribution is -2.51. The van der Waals surface area contributed by atoms with E-state index in [1.54, 1.807) is 0 Å². The van der Waals surface area contributed by atoms with Gasteiger partial charge in [-0.3, -0.25) is 9.69 Å². The van der Waals surface area contributed by atoms with Crippen LogP contribution in [0, 0.1) is 0 Å². The van der Waals surface area contributed by atoms with Crippen molar-refractivity contribution in [1.82, 2.24) is 10.2 Å². The molecule has 1 aliphatic carbocycles. The molecule has 0 bridgehead atoms. The molecule has 0 aromatic carbocycles. The van der Waals surface area contributed by atoms with Gasteiger partial charge < -0.3 is 10.4 Å². The number of nitrogens with zero attached hydrogens (tertiary/aromatic N) is 1. The number of rotatable bonds is 4. The second-order valence-electron chi connectivity index (χ2n) is 4.31. The van der Waals surface area contributed by atoms with Gasteiger partial charge in [0.05, 0.1) is 0 Å². The molecule has 2 aliphatic rings. The minimum atomic E-state index is -0.685. The second kappa shape index (κ2) is 4.28. The lowest BCUT2D eigenvalue weighted by atomic mass is 10.1. The van der Waals surface area contributed by atoms with Crippen molar-refractivity contribution < 1.29 is 9.90 Å². The summed E-state index contributed by atoms with van der Waals surface area (Å²) in [4.78, 5) is 12.9. The van der Waals surface area contributed by atoms with Crippen LogP contribution in [0.15, 0.2) is 0 Å². The van der Waals surface area contributed by atoms with E-state index in [0.717, 1.165) is 32.1 Å². The molecule has 1 heterocycles. The Hall–Kier alpha value is -0.610. The summed E-state index contributed by atoms with van der Waals surface area (Å²) < 4.78 is 0. The lowest BCUT2D eigenvalue weighted by Gasteiger charge is -2.33. The molecule has 1 saturated heterocycles. The average Bonchev–Trinajstić information content (AvgIpc) is 2.98. The summed E-state index contributed by atoms with van der Waals surface area (Å²) in [6.45, 7) is 3.19. The molecule has 0 spiro atoms. The number of carbonyl (C=O) groups is 1. The van der Waals surface area contributed by atoms with Crippen LogP contribution in [0.1, 0.15) is 25.7 Å². The monoisotopic (exact) mass is 198 g/mol. The highest BCUT2D eigenvalue weighted by molar-refractivity contribution is 5.66. The van der Waals surface area contributed by atoms with Gasteiger partial charge in [-0.25, -0.2) is 0 Å². The molecule has 2 rings (SSSR count). The van der Waals surface area contributed by atoms with Crippen LogP contribution < -0.4 is 5.32 Å². The predicted octanol–water partition coefficient (Wildman–Crippen LogP) is 0.287. The molecule has 0 radical (unpaired) electrons. The highest BCUT2D eigenvalue weighted by atomic mass is 16.4. The molecule has 0 amide bonds. The summed E-state index contributed by atoms with van der Waals surface area (Å²) in [6.07, 6.45) is 3.73. The van der Waals surface area contributed by atoms with Crippen LogP contribution in [0.2, 0.25) is 0 Å². The standard InChI is InChI=1S/C10H18N2O2/c13-10(14)4-1-8-7-12(6-5-11-8)9-2-3-9/h8-9,11H,1-7H2,(H,13,14). The van der Waals surface area contributed by atoms with Crippen LogP contribution >= 0.6 is 0 Å². The first-order valence-electron chi connectivity index (χ1n) is 5.45. The smallest absolute Gasteiger partial charge is 0.303 e. The normalized spacial score (nSPS) is 29.0. The van der Waals surface area contributed by atoms with Gasteiger partial charge in [0.25, 0.3) is 0 Å². The molecule has 14 heavy (non-hydrogen) atoms. The summed E-state index contributed by atoms with van der Waals surface area (Å²) >= 11 is 0. The molecule has 1 unspecified atom stereocenters. The zero-order valence-electron chi connectivity index (χ0n) is 8.41. The van der Waals surface area contributed by atoms with Gasteiger partial charge in [0.15, 0.2) is 0 Å². The van der Waals surface area contributed by atoms with E-state index in [0.29, 0.717) is 6.04 Å². The fourth-order valence-corrected chi connectivity index (χ4v) is 2.11. The van der Waals surface area contributed by atoms with Gasteiger partial charge in [-0.2, -0.15) is 0 Å². The van der Waals surface area contributed by atoms with Crippen LogP contribution in [0.4, 0.5) is 0 Å². The van der Waals surface area contributed by atoms with Crippen molar-refractivity contribution in [2.24, 2.45) is 0 Å². The number of carboxylic acid groups (broad SMARTS) is 1. The largest absolute Gasteiger partial charge is 0.481 e. The first kappa shape index (κ1) is 9.93. The first-order chi connectivity index (χ1) is 6.75. The predicted molar refractivity (Wildman–Crippen MR) is 53.3 cm³/mol. The molecule has 80 valence electrons. The highest BCUT2D eigenvalue weighted by Gasteiger charge is 2.32. The van der Waals surface area contributed by atoms with E-state index < -0.39 is 5.97 Å². The Kier molecular flexibility index (Phi) is 3.03. The summed E-state index contributed by atoms with van der Waals surface area (Å²) in [7, 11) is 0. The maximum atomic E-state index is 10.4. The molecule has 2 N–H and O–H groups in total. The fraction of sp³-hybridized carbons (Fsp3) is 0.900. The van der Waals surface area contributed by atoms with Crippen molar-refractivity contribution >= 4 is 5.97 Å². The van der Waals surface area contributed by atoms with Crippen LogP contribution in [0.5, 0.6) is 0 Å². The molecule has 4 nitrogen and oxygen atoms in total. The van der Waals surface area contributed by atoms with E-state index in [9.17, 15) is 4.79 Å². The Labute approximate surface area is 84.3 Å². The van der Waals surface area contributed by atoms with Crippen LogP contribution in [-0.2, 0) is 4.79 Å². The molecular formula is C10H18N2O2. The molecule has 1 saturated carbocycles. The topological polar surface area (TPSA) is 52.6 Å². The van der Waals surface area contributed by atoms with Gasteiger partial charge >= 0.3 is 5.97 Å². The van der Waals surface area contributed by atoms with E-state index in [2.05, 4.69) is 10.2 Å². The molecule has 1 aliphatic heterocycles. The summed E-state index contributed by atoms with van der Waals surface area (Å²) in [5.41, 5.74) is 0. The van der Waals surface area contributed by atoms with Gasteiger partial charge in [-0.05, 0) is 19.3 Å². The van der Waals surface area contributed by atoms with E-state index in [1.807, 2.05) is 0 Å². The molecule has 0 aromatic rings. The minimum Gasteiger partial charge on any atom is -0.481 e. The number of hydrogen-bond acceptors (Lipinski definition) is 3. The molecule has 0 aromatic heterocycles. The third kappa shape index (κ3) is 2.69. The van der Waals surface area contributed by atoms with Gasteiger partial charge in [0.2, 0.25) is 0 Å². The number of hydrogen-bond donors (Lipinski definition) is 2. The molecule has 4 heteroatoms. The van der Waals surface area contributed by atoms with Crippen molar-refractivity contribution in [1.29, 1.82) is 0 Å². The number of aliphatic carboxylic acids is 1.